The minimum absolute atomic E-state index is 0.284. The molecule has 0 aliphatic rings. The molecule has 0 atom stereocenters. The fourth-order valence-electron chi connectivity index (χ4n) is 2.65. The van der Waals surface area contributed by atoms with Crippen LogP contribution in [0.2, 0.25) is 0 Å². The van der Waals surface area contributed by atoms with Crippen LogP contribution in [0.5, 0.6) is 0 Å². The van der Waals surface area contributed by atoms with Crippen LogP contribution in [-0.4, -0.2) is 11.1 Å². The lowest BCUT2D eigenvalue weighted by molar-refractivity contribution is 0.0697. The fraction of sp³-hybridized carbons (Fsp3) is 0.0500. The molecule has 0 heterocycles. The molecule has 0 saturated heterocycles. The number of rotatable bonds is 3. The van der Waals surface area contributed by atoms with Crippen molar-refractivity contribution in [2.75, 3.05) is 0 Å². The van der Waals surface area contributed by atoms with Crippen molar-refractivity contribution in [3.8, 4) is 0 Å². The van der Waals surface area contributed by atoms with Gasteiger partial charge in [-0.2, -0.15) is 0 Å². The van der Waals surface area contributed by atoms with E-state index in [1.54, 1.807) is 24.3 Å². The normalized spacial score (nSPS) is 10.6. The molecule has 0 spiro atoms. The number of aryl methyl sites for hydroxylation is 1. The Morgan fingerprint density at radius 1 is 0.909 bits per heavy atom. The second-order valence-electron chi connectivity index (χ2n) is 5.38. The zero-order valence-electron chi connectivity index (χ0n) is 12.3. The summed E-state index contributed by atoms with van der Waals surface area (Å²) in [4.78, 5) is 10.9. The summed E-state index contributed by atoms with van der Waals surface area (Å²) in [7, 11) is 0. The van der Waals surface area contributed by atoms with Crippen molar-refractivity contribution in [2.24, 2.45) is 0 Å². The number of benzene rings is 3. The Kier molecular flexibility index (Phi) is 3.51. The highest BCUT2D eigenvalue weighted by molar-refractivity contribution is 5.92. The SMILES string of the molecule is C=C(c1ccc(C(=O)O)cc1)c1cc2ccccc2cc1C. The monoisotopic (exact) mass is 288 g/mol. The van der Waals surface area contributed by atoms with Crippen molar-refractivity contribution in [3.63, 3.8) is 0 Å². The maximum absolute atomic E-state index is 10.9. The molecule has 0 fully saturated rings. The quantitative estimate of drug-likeness (QED) is 0.743. The van der Waals surface area contributed by atoms with Gasteiger partial charge >= 0.3 is 5.97 Å². The number of carbonyl (C=O) groups is 1. The van der Waals surface area contributed by atoms with Gasteiger partial charge < -0.3 is 5.11 Å². The minimum Gasteiger partial charge on any atom is -0.478 e. The maximum atomic E-state index is 10.9. The summed E-state index contributed by atoms with van der Waals surface area (Å²) in [5.41, 5.74) is 4.36. The first kappa shape index (κ1) is 14.1. The van der Waals surface area contributed by atoms with Crippen LogP contribution < -0.4 is 0 Å². The van der Waals surface area contributed by atoms with Crippen LogP contribution in [0.3, 0.4) is 0 Å². The molecule has 0 radical (unpaired) electrons. The zero-order valence-corrected chi connectivity index (χ0v) is 12.3. The van der Waals surface area contributed by atoms with Crippen LogP contribution in [-0.2, 0) is 0 Å². The molecule has 2 heteroatoms. The second-order valence-corrected chi connectivity index (χ2v) is 5.38. The van der Waals surface area contributed by atoms with E-state index in [2.05, 4.69) is 37.8 Å². The highest BCUT2D eigenvalue weighted by Crippen LogP contribution is 2.28. The molecule has 0 saturated carbocycles. The first-order chi connectivity index (χ1) is 10.6. The molecular formula is C20H16O2. The summed E-state index contributed by atoms with van der Waals surface area (Å²) >= 11 is 0. The Balaban J connectivity index is 2.04. The predicted molar refractivity (Wildman–Crippen MR) is 90.2 cm³/mol. The molecule has 22 heavy (non-hydrogen) atoms. The molecule has 0 aromatic heterocycles. The molecule has 108 valence electrons. The molecular weight excluding hydrogens is 272 g/mol. The van der Waals surface area contributed by atoms with E-state index in [1.807, 2.05) is 12.1 Å². The Morgan fingerprint density at radius 2 is 1.45 bits per heavy atom. The molecule has 0 aliphatic heterocycles. The van der Waals surface area contributed by atoms with Gasteiger partial charge in [0.15, 0.2) is 0 Å². The van der Waals surface area contributed by atoms with Gasteiger partial charge in [0.2, 0.25) is 0 Å². The van der Waals surface area contributed by atoms with Gasteiger partial charge in [-0.05, 0) is 58.2 Å². The molecule has 0 bridgehead atoms. The zero-order chi connectivity index (χ0) is 15.7. The van der Waals surface area contributed by atoms with Crippen LogP contribution in [0.15, 0.2) is 67.2 Å². The predicted octanol–water partition coefficient (Wildman–Crippen LogP) is 4.91. The first-order valence-electron chi connectivity index (χ1n) is 7.08. The fourth-order valence-corrected chi connectivity index (χ4v) is 2.65. The van der Waals surface area contributed by atoms with Crippen molar-refractivity contribution in [1.29, 1.82) is 0 Å². The van der Waals surface area contributed by atoms with Crippen LogP contribution >= 0.6 is 0 Å². The number of carboxylic acid groups (broad SMARTS) is 1. The summed E-state index contributed by atoms with van der Waals surface area (Å²) in [6.45, 7) is 6.26. The Labute approximate surface area is 129 Å². The summed E-state index contributed by atoms with van der Waals surface area (Å²) < 4.78 is 0. The van der Waals surface area contributed by atoms with Gasteiger partial charge in [-0.3, -0.25) is 0 Å². The summed E-state index contributed by atoms with van der Waals surface area (Å²) in [5.74, 6) is -0.918. The van der Waals surface area contributed by atoms with E-state index in [4.69, 9.17) is 5.11 Å². The second kappa shape index (κ2) is 5.49. The van der Waals surface area contributed by atoms with Gasteiger partial charge in [0.25, 0.3) is 0 Å². The molecule has 0 aliphatic carbocycles. The first-order valence-corrected chi connectivity index (χ1v) is 7.08. The number of aromatic carboxylic acids is 1. The Morgan fingerprint density at radius 3 is 2.05 bits per heavy atom. The van der Waals surface area contributed by atoms with Crippen molar-refractivity contribution < 1.29 is 9.90 Å². The molecule has 1 N–H and O–H groups in total. The molecule has 3 aromatic rings. The summed E-state index contributed by atoms with van der Waals surface area (Å²) in [6, 6.07) is 19.3. The van der Waals surface area contributed by atoms with Gasteiger partial charge in [-0.1, -0.05) is 49.0 Å². The smallest absolute Gasteiger partial charge is 0.335 e. The van der Waals surface area contributed by atoms with Crippen LogP contribution in [0.4, 0.5) is 0 Å². The van der Waals surface area contributed by atoms with E-state index >= 15 is 0 Å². The topological polar surface area (TPSA) is 37.3 Å². The van der Waals surface area contributed by atoms with E-state index < -0.39 is 5.97 Å². The third kappa shape index (κ3) is 2.51. The Hall–Kier alpha value is -2.87. The lowest BCUT2D eigenvalue weighted by Crippen LogP contribution is -1.96. The van der Waals surface area contributed by atoms with Gasteiger partial charge in [-0.15, -0.1) is 0 Å². The number of carboxylic acids is 1. The van der Waals surface area contributed by atoms with Crippen LogP contribution in [0, 0.1) is 6.92 Å². The average molecular weight is 288 g/mol. The minimum atomic E-state index is -0.918. The number of hydrogen-bond donors (Lipinski definition) is 1. The van der Waals surface area contributed by atoms with E-state index in [0.717, 1.165) is 22.3 Å². The van der Waals surface area contributed by atoms with Gasteiger partial charge in [0.05, 0.1) is 5.56 Å². The van der Waals surface area contributed by atoms with Crippen LogP contribution in [0.1, 0.15) is 27.0 Å². The van der Waals surface area contributed by atoms with Crippen molar-refractivity contribution in [3.05, 3.63) is 89.5 Å². The molecule has 0 amide bonds. The van der Waals surface area contributed by atoms with Crippen molar-refractivity contribution in [1.82, 2.24) is 0 Å². The van der Waals surface area contributed by atoms with E-state index in [1.165, 1.54) is 10.8 Å². The lowest BCUT2D eigenvalue weighted by Gasteiger charge is -2.12. The van der Waals surface area contributed by atoms with Crippen molar-refractivity contribution in [2.45, 2.75) is 6.92 Å². The van der Waals surface area contributed by atoms with Gasteiger partial charge in [0, 0.05) is 0 Å². The number of hydrogen-bond acceptors (Lipinski definition) is 1. The molecule has 2 nitrogen and oxygen atoms in total. The van der Waals surface area contributed by atoms with Crippen molar-refractivity contribution >= 4 is 22.3 Å². The number of fused-ring (bicyclic) bond motifs is 1. The Bertz CT molecular complexity index is 874. The van der Waals surface area contributed by atoms with E-state index in [9.17, 15) is 4.79 Å². The van der Waals surface area contributed by atoms with Crippen LogP contribution in [0.25, 0.3) is 16.3 Å². The van der Waals surface area contributed by atoms with Gasteiger partial charge in [0.1, 0.15) is 0 Å². The molecule has 0 unspecified atom stereocenters. The standard InChI is InChI=1S/C20H16O2/c1-13-11-17-5-3-4-6-18(17)12-19(13)14(2)15-7-9-16(10-8-15)20(21)22/h3-12H,2H2,1H3,(H,21,22). The average Bonchev–Trinajstić information content (AvgIpc) is 2.53. The maximum Gasteiger partial charge on any atom is 0.335 e. The summed E-state index contributed by atoms with van der Waals surface area (Å²) in [6.07, 6.45) is 0. The lowest BCUT2D eigenvalue weighted by atomic mass is 9.92. The van der Waals surface area contributed by atoms with E-state index in [-0.39, 0.29) is 5.56 Å². The third-order valence-corrected chi connectivity index (χ3v) is 3.90. The highest BCUT2D eigenvalue weighted by Gasteiger charge is 2.09. The molecule has 3 aromatic carbocycles. The van der Waals surface area contributed by atoms with Gasteiger partial charge in [-0.25, -0.2) is 4.79 Å². The third-order valence-electron chi connectivity index (χ3n) is 3.90. The highest BCUT2D eigenvalue weighted by atomic mass is 16.4. The summed E-state index contributed by atoms with van der Waals surface area (Å²) in [5, 5.41) is 11.4. The molecule has 3 rings (SSSR count). The van der Waals surface area contributed by atoms with E-state index in [0.29, 0.717) is 0 Å². The largest absolute Gasteiger partial charge is 0.478 e.